The van der Waals surface area contributed by atoms with Gasteiger partial charge in [-0.25, -0.2) is 9.98 Å². The molecule has 1 aromatic carbocycles. The standard InChI is InChI=1S/C19H27N5OS.HI/c1-5-15-8-7-9-16(10-15)24-18(25)12-22-19(20-6-2)21-11-17-13(3)23-14(4)26-17;/h7-10H,5-6,11-12H2,1-4H3,(H,24,25)(H2,20,21,22);1H. The Morgan fingerprint density at radius 1 is 1.22 bits per heavy atom. The average Bonchev–Trinajstić information content (AvgIpc) is 2.95. The van der Waals surface area contributed by atoms with E-state index in [4.69, 9.17) is 0 Å². The molecule has 0 radical (unpaired) electrons. The molecule has 0 unspecified atom stereocenters. The summed E-state index contributed by atoms with van der Waals surface area (Å²) in [6.07, 6.45) is 0.937. The minimum atomic E-state index is -0.139. The molecule has 2 rings (SSSR count). The van der Waals surface area contributed by atoms with E-state index in [0.29, 0.717) is 12.5 Å². The summed E-state index contributed by atoms with van der Waals surface area (Å²) in [5.41, 5.74) is 3.03. The van der Waals surface area contributed by atoms with Gasteiger partial charge in [-0.1, -0.05) is 19.1 Å². The summed E-state index contributed by atoms with van der Waals surface area (Å²) in [6.45, 7) is 9.52. The minimum absolute atomic E-state index is 0. The lowest BCUT2D eigenvalue weighted by atomic mass is 10.1. The molecule has 8 heteroatoms. The Bertz CT molecular complexity index is 775. The molecule has 3 N–H and O–H groups in total. The number of thiazole rings is 1. The number of guanidine groups is 1. The van der Waals surface area contributed by atoms with Gasteiger partial charge in [-0.15, -0.1) is 35.3 Å². The zero-order chi connectivity index (χ0) is 18.9. The third-order valence-electron chi connectivity index (χ3n) is 3.76. The second kappa shape index (κ2) is 11.9. The Morgan fingerprint density at radius 3 is 2.63 bits per heavy atom. The van der Waals surface area contributed by atoms with Crippen molar-refractivity contribution < 1.29 is 4.79 Å². The molecule has 0 saturated carbocycles. The Hall–Kier alpha value is -1.68. The van der Waals surface area contributed by atoms with Crippen molar-refractivity contribution in [1.29, 1.82) is 0 Å². The molecule has 0 aliphatic carbocycles. The lowest BCUT2D eigenvalue weighted by Crippen LogP contribution is -2.37. The van der Waals surface area contributed by atoms with Gasteiger partial charge in [0.15, 0.2) is 5.96 Å². The maximum atomic E-state index is 12.2. The minimum Gasteiger partial charge on any atom is -0.357 e. The van der Waals surface area contributed by atoms with Crippen molar-refractivity contribution in [3.8, 4) is 0 Å². The number of hydrogen-bond donors (Lipinski definition) is 3. The van der Waals surface area contributed by atoms with Gasteiger partial charge in [-0.2, -0.15) is 0 Å². The number of hydrogen-bond acceptors (Lipinski definition) is 4. The zero-order valence-electron chi connectivity index (χ0n) is 16.3. The molecule has 27 heavy (non-hydrogen) atoms. The molecule has 0 spiro atoms. The number of benzene rings is 1. The summed E-state index contributed by atoms with van der Waals surface area (Å²) in [5, 5.41) is 10.4. The quantitative estimate of drug-likeness (QED) is 0.308. The highest BCUT2D eigenvalue weighted by molar-refractivity contribution is 14.0. The number of aryl methyl sites for hydroxylation is 3. The fourth-order valence-electron chi connectivity index (χ4n) is 2.46. The van der Waals surface area contributed by atoms with Gasteiger partial charge in [-0.05, 0) is 44.9 Å². The predicted octanol–water partition coefficient (Wildman–Crippen LogP) is 3.63. The van der Waals surface area contributed by atoms with E-state index in [9.17, 15) is 4.79 Å². The molecular formula is C19H28IN5OS. The van der Waals surface area contributed by atoms with Crippen LogP contribution in [0.3, 0.4) is 0 Å². The molecule has 0 aliphatic heterocycles. The van der Waals surface area contributed by atoms with E-state index in [1.165, 1.54) is 10.4 Å². The van der Waals surface area contributed by atoms with Gasteiger partial charge < -0.3 is 16.0 Å². The Labute approximate surface area is 182 Å². The van der Waals surface area contributed by atoms with Crippen LogP contribution in [-0.4, -0.2) is 29.9 Å². The number of nitrogens with one attached hydrogen (secondary N) is 3. The van der Waals surface area contributed by atoms with Crippen LogP contribution in [0, 0.1) is 13.8 Å². The van der Waals surface area contributed by atoms with Gasteiger partial charge >= 0.3 is 0 Å². The third kappa shape index (κ3) is 7.84. The van der Waals surface area contributed by atoms with Crippen LogP contribution in [0.25, 0.3) is 0 Å². The number of carbonyl (C=O) groups excluding carboxylic acids is 1. The topological polar surface area (TPSA) is 78.4 Å². The fraction of sp³-hybridized carbons (Fsp3) is 0.421. The number of carbonyl (C=O) groups is 1. The van der Waals surface area contributed by atoms with E-state index in [2.05, 4.69) is 32.9 Å². The van der Waals surface area contributed by atoms with E-state index in [-0.39, 0.29) is 36.4 Å². The van der Waals surface area contributed by atoms with Crippen LogP contribution in [0.4, 0.5) is 5.69 Å². The van der Waals surface area contributed by atoms with Crippen LogP contribution in [-0.2, 0) is 17.8 Å². The third-order valence-corrected chi connectivity index (χ3v) is 4.83. The smallest absolute Gasteiger partial charge is 0.246 e. The second-order valence-electron chi connectivity index (χ2n) is 5.89. The first-order valence-electron chi connectivity index (χ1n) is 8.85. The first kappa shape index (κ1) is 23.4. The fourth-order valence-corrected chi connectivity index (χ4v) is 3.34. The van der Waals surface area contributed by atoms with E-state index < -0.39 is 0 Å². The Balaban J connectivity index is 0.00000364. The van der Waals surface area contributed by atoms with Gasteiger partial charge in [0.05, 0.1) is 17.2 Å². The normalized spacial score (nSPS) is 10.9. The molecule has 0 atom stereocenters. The van der Waals surface area contributed by atoms with Crippen LogP contribution in [0.1, 0.15) is 35.0 Å². The van der Waals surface area contributed by atoms with Crippen molar-refractivity contribution in [2.75, 3.05) is 18.4 Å². The van der Waals surface area contributed by atoms with Crippen molar-refractivity contribution in [1.82, 2.24) is 15.6 Å². The van der Waals surface area contributed by atoms with Crippen molar-refractivity contribution in [2.45, 2.75) is 40.7 Å². The summed E-state index contributed by atoms with van der Waals surface area (Å²) >= 11 is 1.67. The van der Waals surface area contributed by atoms with Crippen molar-refractivity contribution in [3.05, 3.63) is 45.4 Å². The molecule has 0 bridgehead atoms. The summed E-state index contributed by atoms with van der Waals surface area (Å²) in [7, 11) is 0. The molecule has 0 fully saturated rings. The molecule has 148 valence electrons. The van der Waals surface area contributed by atoms with E-state index in [1.54, 1.807) is 11.3 Å². The first-order valence-corrected chi connectivity index (χ1v) is 9.67. The number of nitrogens with zero attached hydrogens (tertiary/aromatic N) is 2. The molecular weight excluding hydrogens is 473 g/mol. The lowest BCUT2D eigenvalue weighted by Gasteiger charge is -2.11. The number of rotatable bonds is 7. The van der Waals surface area contributed by atoms with Crippen molar-refractivity contribution in [2.24, 2.45) is 4.99 Å². The SMILES string of the molecule is CCNC(=NCC(=O)Nc1cccc(CC)c1)NCc1sc(C)nc1C.I. The number of halogens is 1. The summed E-state index contributed by atoms with van der Waals surface area (Å²) < 4.78 is 0. The number of aliphatic imine (C=N–C) groups is 1. The average molecular weight is 501 g/mol. The Kier molecular flexibility index (Phi) is 10.3. The first-order chi connectivity index (χ1) is 12.5. The number of anilines is 1. The molecule has 1 amide bonds. The molecule has 6 nitrogen and oxygen atoms in total. The van der Waals surface area contributed by atoms with Crippen molar-refractivity contribution in [3.63, 3.8) is 0 Å². The zero-order valence-corrected chi connectivity index (χ0v) is 19.4. The summed E-state index contributed by atoms with van der Waals surface area (Å²) in [4.78, 5) is 22.1. The van der Waals surface area contributed by atoms with Crippen LogP contribution >= 0.6 is 35.3 Å². The second-order valence-corrected chi connectivity index (χ2v) is 7.18. The predicted molar refractivity (Wildman–Crippen MR) is 124 cm³/mol. The molecule has 1 heterocycles. The number of aromatic nitrogens is 1. The maximum absolute atomic E-state index is 12.2. The van der Waals surface area contributed by atoms with Gasteiger partial charge in [0.1, 0.15) is 6.54 Å². The highest BCUT2D eigenvalue weighted by Crippen LogP contribution is 2.16. The van der Waals surface area contributed by atoms with E-state index >= 15 is 0 Å². The van der Waals surface area contributed by atoms with Crippen LogP contribution in [0.2, 0.25) is 0 Å². The largest absolute Gasteiger partial charge is 0.357 e. The van der Waals surface area contributed by atoms with Crippen LogP contribution in [0.15, 0.2) is 29.3 Å². The molecule has 0 aliphatic rings. The molecule has 0 saturated heterocycles. The lowest BCUT2D eigenvalue weighted by molar-refractivity contribution is -0.114. The summed E-state index contributed by atoms with van der Waals surface area (Å²) in [5.74, 6) is 0.482. The van der Waals surface area contributed by atoms with Gasteiger partial charge in [0.2, 0.25) is 5.91 Å². The van der Waals surface area contributed by atoms with E-state index in [0.717, 1.165) is 29.4 Å². The summed E-state index contributed by atoms with van der Waals surface area (Å²) in [6, 6.07) is 7.87. The number of amides is 1. The highest BCUT2D eigenvalue weighted by atomic mass is 127. The van der Waals surface area contributed by atoms with Crippen LogP contribution < -0.4 is 16.0 Å². The molecule has 1 aromatic heterocycles. The molecule has 2 aromatic rings. The van der Waals surface area contributed by atoms with Gasteiger partial charge in [-0.3, -0.25) is 4.79 Å². The van der Waals surface area contributed by atoms with Gasteiger partial charge in [0.25, 0.3) is 0 Å². The van der Waals surface area contributed by atoms with Crippen LogP contribution in [0.5, 0.6) is 0 Å². The van der Waals surface area contributed by atoms with Crippen molar-refractivity contribution >= 4 is 52.9 Å². The monoisotopic (exact) mass is 501 g/mol. The van der Waals surface area contributed by atoms with E-state index in [1.807, 2.05) is 45.0 Å². The highest BCUT2D eigenvalue weighted by Gasteiger charge is 2.07. The maximum Gasteiger partial charge on any atom is 0.246 e. The Morgan fingerprint density at radius 2 is 2.00 bits per heavy atom. The van der Waals surface area contributed by atoms with Gasteiger partial charge in [0, 0.05) is 17.1 Å².